The molecule has 2 aliphatic rings. The molecule has 2 aliphatic heterocycles. The number of ether oxygens (including phenoxy) is 1. The lowest BCUT2D eigenvalue weighted by molar-refractivity contribution is -0.122. The average Bonchev–Trinajstić information content (AvgIpc) is 3.21. The first kappa shape index (κ1) is 21.5. The molecule has 5 heterocycles. The van der Waals surface area contributed by atoms with Gasteiger partial charge < -0.3 is 34.9 Å². The molecule has 0 unspecified atom stereocenters. The van der Waals surface area contributed by atoms with E-state index in [9.17, 15) is 4.79 Å². The standard InChI is InChI=1S/C18H22N8O3.CH2O2/c1-9-13(10(2)29-24-9)17(27)26-4-11-3-25(5-12(26)7-28-6-11)16-14-15(21-8-20-14)22-18(19)23-16;2-1-3/h8,11-12H,3-7H2,1-2H3,(H3,19,20,21,22,23);1H,(H,2,3)/t11-,12-;/m0./s1. The van der Waals surface area contributed by atoms with Crippen LogP contribution in [0.2, 0.25) is 0 Å². The topological polar surface area (TPSA) is 177 Å². The van der Waals surface area contributed by atoms with Gasteiger partial charge in [-0.1, -0.05) is 5.16 Å². The Morgan fingerprint density at radius 3 is 2.78 bits per heavy atom. The first-order chi connectivity index (χ1) is 15.4. The molecule has 3 aromatic heterocycles. The lowest BCUT2D eigenvalue weighted by Gasteiger charge is -2.31. The fourth-order valence-corrected chi connectivity index (χ4v) is 4.26. The zero-order valence-electron chi connectivity index (χ0n) is 17.7. The minimum absolute atomic E-state index is 0.0718. The molecule has 2 saturated heterocycles. The van der Waals surface area contributed by atoms with E-state index in [4.69, 9.17) is 24.9 Å². The molecule has 0 saturated carbocycles. The van der Waals surface area contributed by atoms with Gasteiger partial charge >= 0.3 is 0 Å². The Hall–Kier alpha value is -3.74. The third-order valence-electron chi connectivity index (χ3n) is 5.56. The summed E-state index contributed by atoms with van der Waals surface area (Å²) in [5, 5.41) is 10.8. The minimum Gasteiger partial charge on any atom is -0.483 e. The molecule has 2 bridgehead atoms. The summed E-state index contributed by atoms with van der Waals surface area (Å²) in [6.07, 6.45) is 1.58. The molecule has 0 aliphatic carbocycles. The van der Waals surface area contributed by atoms with E-state index in [0.29, 0.717) is 61.3 Å². The molecule has 4 N–H and O–H groups in total. The Bertz CT molecular complexity index is 1110. The van der Waals surface area contributed by atoms with Crippen LogP contribution >= 0.6 is 0 Å². The van der Waals surface area contributed by atoms with Crippen molar-refractivity contribution in [2.75, 3.05) is 43.5 Å². The van der Waals surface area contributed by atoms with Crippen LogP contribution in [0.25, 0.3) is 11.2 Å². The van der Waals surface area contributed by atoms with Gasteiger partial charge in [-0.25, -0.2) is 4.98 Å². The van der Waals surface area contributed by atoms with Crippen LogP contribution in [-0.4, -0.2) is 86.4 Å². The number of carboxylic acid groups (broad SMARTS) is 1. The second-order valence-electron chi connectivity index (χ2n) is 7.73. The average molecular weight is 444 g/mol. The molecule has 2 atom stereocenters. The summed E-state index contributed by atoms with van der Waals surface area (Å²) >= 11 is 0. The monoisotopic (exact) mass is 444 g/mol. The van der Waals surface area contributed by atoms with Gasteiger partial charge in [-0.2, -0.15) is 9.97 Å². The Morgan fingerprint density at radius 2 is 2.06 bits per heavy atom. The molecule has 170 valence electrons. The second-order valence-corrected chi connectivity index (χ2v) is 7.73. The van der Waals surface area contributed by atoms with Crippen LogP contribution < -0.4 is 10.6 Å². The summed E-state index contributed by atoms with van der Waals surface area (Å²) in [7, 11) is 0. The Morgan fingerprint density at radius 1 is 1.28 bits per heavy atom. The Labute approximate surface area is 182 Å². The van der Waals surface area contributed by atoms with Crippen molar-refractivity contribution < 1.29 is 24.0 Å². The minimum atomic E-state index is -0.250. The van der Waals surface area contributed by atoms with Gasteiger partial charge in [0.05, 0.1) is 31.3 Å². The number of nitrogens with zero attached hydrogens (tertiary/aromatic N) is 6. The number of imidazole rings is 1. The van der Waals surface area contributed by atoms with Crippen molar-refractivity contribution in [1.82, 2.24) is 30.0 Å². The van der Waals surface area contributed by atoms with E-state index in [2.05, 4.69) is 30.0 Å². The number of hydrogen-bond donors (Lipinski definition) is 3. The highest BCUT2D eigenvalue weighted by Gasteiger charge is 2.38. The summed E-state index contributed by atoms with van der Waals surface area (Å²) in [5.74, 6) is 1.47. The van der Waals surface area contributed by atoms with Crippen molar-refractivity contribution in [1.29, 1.82) is 0 Å². The van der Waals surface area contributed by atoms with Crippen LogP contribution in [0.4, 0.5) is 11.8 Å². The molecule has 0 aromatic carbocycles. The van der Waals surface area contributed by atoms with Gasteiger partial charge in [-0.05, 0) is 13.8 Å². The van der Waals surface area contributed by atoms with Crippen molar-refractivity contribution >= 4 is 35.3 Å². The van der Waals surface area contributed by atoms with Crippen LogP contribution in [0.5, 0.6) is 0 Å². The molecule has 3 aromatic rings. The molecular formula is C19H24N8O5. The number of hydrogen-bond acceptors (Lipinski definition) is 10. The summed E-state index contributed by atoms with van der Waals surface area (Å²) in [6, 6.07) is -0.141. The molecular weight excluding hydrogens is 420 g/mol. The molecule has 13 heteroatoms. The van der Waals surface area contributed by atoms with Gasteiger partial charge in [0, 0.05) is 25.6 Å². The summed E-state index contributed by atoms with van der Waals surface area (Å²) < 4.78 is 11.1. The first-order valence-corrected chi connectivity index (χ1v) is 10.0. The number of fused-ring (bicyclic) bond motifs is 4. The van der Waals surface area contributed by atoms with E-state index >= 15 is 0 Å². The number of anilines is 2. The quantitative estimate of drug-likeness (QED) is 0.461. The smallest absolute Gasteiger partial charge is 0.290 e. The number of H-pyrrole nitrogens is 1. The number of rotatable bonds is 2. The number of amides is 1. The number of carbonyl (C=O) groups is 2. The Kier molecular flexibility index (Phi) is 5.90. The van der Waals surface area contributed by atoms with Crippen molar-refractivity contribution in [3.63, 3.8) is 0 Å². The molecule has 2 fully saturated rings. The van der Waals surface area contributed by atoms with E-state index in [1.807, 2.05) is 4.90 Å². The van der Waals surface area contributed by atoms with E-state index in [1.165, 1.54) is 0 Å². The largest absolute Gasteiger partial charge is 0.483 e. The van der Waals surface area contributed by atoms with Crippen molar-refractivity contribution in [3.8, 4) is 0 Å². The Balaban J connectivity index is 0.000000775. The van der Waals surface area contributed by atoms with Crippen molar-refractivity contribution in [3.05, 3.63) is 23.3 Å². The SMILES string of the molecule is Cc1noc(C)c1C(=O)N1C[C@H]2COC[C@@H]1CN(c1nc(N)nc3nc[nH]c13)C2.O=CO. The van der Waals surface area contributed by atoms with Crippen molar-refractivity contribution in [2.45, 2.75) is 19.9 Å². The molecule has 0 spiro atoms. The van der Waals surface area contributed by atoms with Gasteiger partial charge in [-0.15, -0.1) is 0 Å². The highest BCUT2D eigenvalue weighted by molar-refractivity contribution is 5.96. The second kappa shape index (κ2) is 8.78. The molecule has 5 rings (SSSR count). The van der Waals surface area contributed by atoms with Crippen LogP contribution in [0.3, 0.4) is 0 Å². The van der Waals surface area contributed by atoms with E-state index in [-0.39, 0.29) is 30.3 Å². The van der Waals surface area contributed by atoms with Gasteiger partial charge in [0.1, 0.15) is 16.8 Å². The number of carbonyl (C=O) groups excluding carboxylic acids is 1. The summed E-state index contributed by atoms with van der Waals surface area (Å²) in [6.45, 7) is 6.17. The predicted molar refractivity (Wildman–Crippen MR) is 112 cm³/mol. The van der Waals surface area contributed by atoms with E-state index in [0.717, 1.165) is 5.52 Å². The van der Waals surface area contributed by atoms with Gasteiger partial charge in [0.25, 0.3) is 12.4 Å². The predicted octanol–water partition coefficient (Wildman–Crippen LogP) is 0.218. The van der Waals surface area contributed by atoms with Gasteiger partial charge in [-0.3, -0.25) is 9.59 Å². The zero-order valence-corrected chi connectivity index (χ0v) is 17.7. The highest BCUT2D eigenvalue weighted by Crippen LogP contribution is 2.29. The maximum absolute atomic E-state index is 13.4. The lowest BCUT2D eigenvalue weighted by atomic mass is 10.1. The molecule has 13 nitrogen and oxygen atoms in total. The number of aromatic amines is 1. The number of nitrogens with two attached hydrogens (primary N) is 1. The van der Waals surface area contributed by atoms with Gasteiger partial charge in [0.15, 0.2) is 11.5 Å². The van der Waals surface area contributed by atoms with Crippen molar-refractivity contribution in [2.24, 2.45) is 5.92 Å². The molecule has 0 radical (unpaired) electrons. The first-order valence-electron chi connectivity index (χ1n) is 10.0. The zero-order chi connectivity index (χ0) is 22.8. The van der Waals surface area contributed by atoms with Crippen LogP contribution in [0.15, 0.2) is 10.9 Å². The third kappa shape index (κ3) is 3.93. The summed E-state index contributed by atoms with van der Waals surface area (Å²) in [5.41, 5.74) is 8.32. The van der Waals surface area contributed by atoms with Crippen LogP contribution in [0, 0.1) is 19.8 Å². The van der Waals surface area contributed by atoms with Gasteiger partial charge in [0.2, 0.25) is 5.95 Å². The fourth-order valence-electron chi connectivity index (χ4n) is 4.26. The number of aromatic nitrogens is 5. The maximum Gasteiger partial charge on any atom is 0.290 e. The number of aryl methyl sites for hydroxylation is 2. The molecule has 32 heavy (non-hydrogen) atoms. The highest BCUT2D eigenvalue weighted by atomic mass is 16.5. The van der Waals surface area contributed by atoms with E-state index < -0.39 is 0 Å². The maximum atomic E-state index is 13.4. The lowest BCUT2D eigenvalue weighted by Crippen LogP contribution is -2.47. The fraction of sp³-hybridized carbons (Fsp3) is 0.474. The van der Waals surface area contributed by atoms with Crippen LogP contribution in [-0.2, 0) is 9.53 Å². The molecule has 1 amide bonds. The normalized spacial score (nSPS) is 20.4. The number of nitrogens with one attached hydrogen (secondary N) is 1. The van der Waals surface area contributed by atoms with E-state index in [1.54, 1.807) is 20.2 Å². The summed E-state index contributed by atoms with van der Waals surface area (Å²) in [4.78, 5) is 41.7. The van der Waals surface area contributed by atoms with Crippen LogP contribution in [0.1, 0.15) is 21.8 Å². The third-order valence-corrected chi connectivity index (χ3v) is 5.56. The number of nitrogen functional groups attached to an aromatic ring is 1.